The van der Waals surface area contributed by atoms with Gasteiger partial charge in [-0.15, -0.1) is 11.8 Å². The molecule has 1 atom stereocenters. The third-order valence-corrected chi connectivity index (χ3v) is 4.64. The molecule has 1 aromatic rings. The van der Waals surface area contributed by atoms with Gasteiger partial charge in [-0.2, -0.15) is 0 Å². The molecule has 0 saturated carbocycles. The molecule has 0 bridgehead atoms. The molecule has 4 heteroatoms. The Hall–Kier alpha value is -1.00. The zero-order valence-corrected chi connectivity index (χ0v) is 12.4. The maximum atomic E-state index is 11.9. The Morgan fingerprint density at radius 2 is 2.11 bits per heavy atom. The van der Waals surface area contributed by atoms with E-state index in [1.54, 1.807) is 11.8 Å². The van der Waals surface area contributed by atoms with Crippen molar-refractivity contribution in [2.75, 3.05) is 25.4 Å². The highest BCUT2D eigenvalue weighted by Crippen LogP contribution is 2.18. The molecule has 1 aliphatic heterocycles. The first kappa shape index (κ1) is 14.4. The van der Waals surface area contributed by atoms with Crippen molar-refractivity contribution in [3.8, 4) is 0 Å². The van der Waals surface area contributed by atoms with Gasteiger partial charge in [0.15, 0.2) is 0 Å². The van der Waals surface area contributed by atoms with Crippen molar-refractivity contribution >= 4 is 17.7 Å². The molecular weight excluding hydrogens is 256 g/mol. The average Bonchev–Trinajstić information content (AvgIpc) is 2.34. The largest absolute Gasteiger partial charge is 0.355 e. The van der Waals surface area contributed by atoms with Gasteiger partial charge in [-0.1, -0.05) is 24.6 Å². The van der Waals surface area contributed by atoms with Crippen LogP contribution in [0, 0.1) is 18.8 Å². The van der Waals surface area contributed by atoms with Gasteiger partial charge in [0.2, 0.25) is 5.91 Å². The second-order valence-electron chi connectivity index (χ2n) is 5.16. The van der Waals surface area contributed by atoms with E-state index < -0.39 is 0 Å². The Morgan fingerprint density at radius 3 is 2.68 bits per heavy atom. The first-order valence-corrected chi connectivity index (χ1v) is 7.83. The fourth-order valence-corrected chi connectivity index (χ4v) is 2.79. The van der Waals surface area contributed by atoms with E-state index in [0.29, 0.717) is 5.92 Å². The van der Waals surface area contributed by atoms with Crippen molar-refractivity contribution in [3.63, 3.8) is 0 Å². The highest BCUT2D eigenvalue weighted by Gasteiger charge is 2.28. The molecule has 1 unspecified atom stereocenters. The summed E-state index contributed by atoms with van der Waals surface area (Å²) in [6.07, 6.45) is 0. The highest BCUT2D eigenvalue weighted by atomic mass is 32.2. The lowest BCUT2D eigenvalue weighted by atomic mass is 9.88. The Labute approximate surface area is 119 Å². The maximum absolute atomic E-state index is 11.9. The van der Waals surface area contributed by atoms with Gasteiger partial charge >= 0.3 is 0 Å². The third kappa shape index (κ3) is 4.25. The smallest absolute Gasteiger partial charge is 0.223 e. The van der Waals surface area contributed by atoms with Gasteiger partial charge in [-0.25, -0.2) is 0 Å². The highest BCUT2D eigenvalue weighted by molar-refractivity contribution is 7.99. The number of nitrogens with one attached hydrogen (secondary N) is 2. The van der Waals surface area contributed by atoms with E-state index in [1.165, 1.54) is 10.5 Å². The summed E-state index contributed by atoms with van der Waals surface area (Å²) in [5.74, 6) is 1.76. The number of hydrogen-bond acceptors (Lipinski definition) is 3. The van der Waals surface area contributed by atoms with Gasteiger partial charge in [0.05, 0.1) is 0 Å². The van der Waals surface area contributed by atoms with Crippen LogP contribution in [0.4, 0.5) is 0 Å². The Bertz CT molecular complexity index is 415. The molecule has 1 fully saturated rings. The monoisotopic (exact) mass is 278 g/mol. The van der Waals surface area contributed by atoms with Gasteiger partial charge in [-0.3, -0.25) is 4.79 Å². The van der Waals surface area contributed by atoms with Crippen LogP contribution in [0.3, 0.4) is 0 Å². The van der Waals surface area contributed by atoms with E-state index in [-0.39, 0.29) is 11.8 Å². The number of rotatable bonds is 6. The van der Waals surface area contributed by atoms with Gasteiger partial charge in [-0.05, 0) is 38.1 Å². The normalized spacial score (nSPS) is 16.7. The number of carbonyl (C=O) groups excluding carboxylic acids is 1. The number of hydrogen-bond donors (Lipinski definition) is 2. The minimum Gasteiger partial charge on any atom is -0.355 e. The summed E-state index contributed by atoms with van der Waals surface area (Å²) in [7, 11) is 0. The lowest BCUT2D eigenvalue weighted by Crippen LogP contribution is -2.49. The van der Waals surface area contributed by atoms with Crippen LogP contribution in [0.5, 0.6) is 0 Å². The van der Waals surface area contributed by atoms with E-state index in [2.05, 4.69) is 41.8 Å². The molecule has 1 saturated heterocycles. The van der Waals surface area contributed by atoms with Crippen molar-refractivity contribution in [1.82, 2.24) is 10.6 Å². The molecule has 104 valence electrons. The second kappa shape index (κ2) is 6.96. The number of carbonyl (C=O) groups is 1. The minimum absolute atomic E-state index is 0.130. The van der Waals surface area contributed by atoms with Crippen molar-refractivity contribution in [2.24, 2.45) is 11.8 Å². The van der Waals surface area contributed by atoms with E-state index in [0.717, 1.165) is 25.4 Å². The topological polar surface area (TPSA) is 41.1 Å². The zero-order chi connectivity index (χ0) is 13.7. The molecule has 0 radical (unpaired) electrons. The quantitative estimate of drug-likeness (QED) is 0.618. The fraction of sp³-hybridized carbons (Fsp3) is 0.533. The molecule has 1 amide bonds. The molecule has 1 heterocycles. The summed E-state index contributed by atoms with van der Waals surface area (Å²) in [6, 6.07) is 8.49. The summed E-state index contributed by atoms with van der Waals surface area (Å²) in [4.78, 5) is 13.1. The lowest BCUT2D eigenvalue weighted by Gasteiger charge is -2.31. The molecule has 2 N–H and O–H groups in total. The van der Waals surface area contributed by atoms with Gasteiger partial charge in [0.1, 0.15) is 0 Å². The van der Waals surface area contributed by atoms with Crippen LogP contribution in [0.2, 0.25) is 0 Å². The molecule has 3 nitrogen and oxygen atoms in total. The summed E-state index contributed by atoms with van der Waals surface area (Å²) < 4.78 is 0. The van der Waals surface area contributed by atoms with E-state index in [4.69, 9.17) is 0 Å². The van der Waals surface area contributed by atoms with Gasteiger partial charge in [0, 0.05) is 23.1 Å². The molecule has 2 rings (SSSR count). The van der Waals surface area contributed by atoms with Crippen LogP contribution < -0.4 is 10.6 Å². The van der Waals surface area contributed by atoms with Crippen LogP contribution >= 0.6 is 11.8 Å². The molecule has 0 spiro atoms. The van der Waals surface area contributed by atoms with Crippen LogP contribution in [-0.4, -0.2) is 31.3 Å². The predicted molar refractivity (Wildman–Crippen MR) is 80.4 cm³/mol. The lowest BCUT2D eigenvalue weighted by molar-refractivity contribution is -0.126. The maximum Gasteiger partial charge on any atom is 0.223 e. The Kier molecular flexibility index (Phi) is 5.28. The molecule has 0 aliphatic carbocycles. The number of thioether (sulfide) groups is 1. The van der Waals surface area contributed by atoms with Crippen molar-refractivity contribution in [3.05, 3.63) is 29.8 Å². The minimum atomic E-state index is 0.130. The first-order chi connectivity index (χ1) is 9.16. The summed E-state index contributed by atoms with van der Waals surface area (Å²) in [5, 5.41) is 6.23. The van der Waals surface area contributed by atoms with Gasteiger partial charge < -0.3 is 10.6 Å². The standard InChI is InChI=1S/C15H22N2OS/c1-11-3-5-14(6-4-11)19-8-7-17-15(18)12(2)13-9-16-10-13/h3-6,12-13,16H,7-10H2,1-2H3,(H,17,18). The zero-order valence-electron chi connectivity index (χ0n) is 11.6. The summed E-state index contributed by atoms with van der Waals surface area (Å²) >= 11 is 1.78. The molecule has 0 aromatic heterocycles. The second-order valence-corrected chi connectivity index (χ2v) is 6.33. The number of benzene rings is 1. The number of amides is 1. The third-order valence-electron chi connectivity index (χ3n) is 3.62. The summed E-state index contributed by atoms with van der Waals surface area (Å²) in [5.41, 5.74) is 1.28. The van der Waals surface area contributed by atoms with Gasteiger partial charge in [0.25, 0.3) is 0 Å². The van der Waals surface area contributed by atoms with E-state index >= 15 is 0 Å². The molecular formula is C15H22N2OS. The molecule has 19 heavy (non-hydrogen) atoms. The van der Waals surface area contributed by atoms with Crippen molar-refractivity contribution in [2.45, 2.75) is 18.7 Å². The Morgan fingerprint density at radius 1 is 1.42 bits per heavy atom. The van der Waals surface area contributed by atoms with Crippen molar-refractivity contribution in [1.29, 1.82) is 0 Å². The van der Waals surface area contributed by atoms with Crippen LogP contribution in [0.1, 0.15) is 12.5 Å². The molecule has 1 aliphatic rings. The Balaban J connectivity index is 1.63. The van der Waals surface area contributed by atoms with E-state index in [1.807, 2.05) is 6.92 Å². The van der Waals surface area contributed by atoms with Crippen LogP contribution in [0.25, 0.3) is 0 Å². The predicted octanol–water partition coefficient (Wildman–Crippen LogP) is 2.06. The van der Waals surface area contributed by atoms with Crippen LogP contribution in [-0.2, 0) is 4.79 Å². The van der Waals surface area contributed by atoms with Crippen molar-refractivity contribution < 1.29 is 4.79 Å². The van der Waals surface area contributed by atoms with E-state index in [9.17, 15) is 4.79 Å². The van der Waals surface area contributed by atoms with Crippen LogP contribution in [0.15, 0.2) is 29.2 Å². The fourth-order valence-electron chi connectivity index (χ4n) is 2.02. The number of aryl methyl sites for hydroxylation is 1. The SMILES string of the molecule is Cc1ccc(SCCNC(=O)C(C)C2CNC2)cc1. The average molecular weight is 278 g/mol. The summed E-state index contributed by atoms with van der Waals surface area (Å²) in [6.45, 7) is 6.81. The first-order valence-electron chi connectivity index (χ1n) is 6.84. The molecule has 1 aromatic carbocycles.